The van der Waals surface area contributed by atoms with Gasteiger partial charge >= 0.3 is 0 Å². The molecule has 7 heteroatoms. The Labute approximate surface area is 97.7 Å². The molecule has 0 aliphatic carbocycles. The highest BCUT2D eigenvalue weighted by Gasteiger charge is 2.14. The Hall–Kier alpha value is -2.15. The van der Waals surface area contributed by atoms with Crippen molar-refractivity contribution >= 4 is 11.6 Å². The van der Waals surface area contributed by atoms with Gasteiger partial charge < -0.3 is 4.74 Å². The summed E-state index contributed by atoms with van der Waals surface area (Å²) in [5.74, 6) is 4.68. The normalized spacial score (nSPS) is 9.82. The molecule has 0 atom stereocenters. The van der Waals surface area contributed by atoms with Crippen LogP contribution in [0.1, 0.15) is 11.1 Å². The van der Waals surface area contributed by atoms with Gasteiger partial charge in [-0.25, -0.2) is 5.84 Å². The summed E-state index contributed by atoms with van der Waals surface area (Å²) >= 11 is 0. The SMILES string of the molecule is Cc1cc(C)c([N+](=O)[O-])cc1OCC(=O)NN. The number of nitrogens with zero attached hydrogens (tertiary/aromatic N) is 1. The van der Waals surface area contributed by atoms with Crippen LogP contribution in [0, 0.1) is 24.0 Å². The maximum Gasteiger partial charge on any atom is 0.276 e. The van der Waals surface area contributed by atoms with Crippen LogP contribution in [-0.4, -0.2) is 17.4 Å². The Morgan fingerprint density at radius 3 is 2.65 bits per heavy atom. The smallest absolute Gasteiger partial charge is 0.276 e. The third kappa shape index (κ3) is 3.15. The minimum atomic E-state index is -0.507. The van der Waals surface area contributed by atoms with Crippen LogP contribution < -0.4 is 16.0 Å². The van der Waals surface area contributed by atoms with E-state index in [0.29, 0.717) is 11.3 Å². The number of nitrogens with two attached hydrogens (primary N) is 1. The molecule has 0 heterocycles. The molecule has 0 fully saturated rings. The molecule has 0 aliphatic rings. The molecular formula is C10H13N3O4. The summed E-state index contributed by atoms with van der Waals surface area (Å²) in [4.78, 5) is 21.1. The third-order valence-corrected chi connectivity index (χ3v) is 2.21. The van der Waals surface area contributed by atoms with E-state index in [-0.39, 0.29) is 12.3 Å². The van der Waals surface area contributed by atoms with Crippen LogP contribution in [0.3, 0.4) is 0 Å². The third-order valence-electron chi connectivity index (χ3n) is 2.21. The fourth-order valence-corrected chi connectivity index (χ4v) is 1.36. The Kier molecular flexibility index (Phi) is 4.00. The number of benzene rings is 1. The largest absolute Gasteiger partial charge is 0.483 e. The predicted molar refractivity (Wildman–Crippen MR) is 60.4 cm³/mol. The van der Waals surface area contributed by atoms with Gasteiger partial charge in [-0.05, 0) is 25.5 Å². The van der Waals surface area contributed by atoms with Crippen molar-refractivity contribution in [1.82, 2.24) is 5.43 Å². The summed E-state index contributed by atoms with van der Waals surface area (Å²) in [6, 6.07) is 2.93. The standard InChI is InChI=1S/C10H13N3O4/c1-6-3-7(2)9(4-8(6)13(15)16)17-5-10(14)12-11/h3-4H,5,11H2,1-2H3,(H,12,14). The Bertz CT molecular complexity index is 459. The van der Waals surface area contributed by atoms with E-state index in [2.05, 4.69) is 0 Å². The number of hydrogen-bond acceptors (Lipinski definition) is 5. The van der Waals surface area contributed by atoms with Gasteiger partial charge in [0.1, 0.15) is 5.75 Å². The van der Waals surface area contributed by atoms with Crippen LogP contribution in [-0.2, 0) is 4.79 Å². The summed E-state index contributed by atoms with van der Waals surface area (Å²) in [7, 11) is 0. The van der Waals surface area contributed by atoms with Crippen molar-refractivity contribution in [1.29, 1.82) is 0 Å². The van der Waals surface area contributed by atoms with E-state index in [1.807, 2.05) is 5.43 Å². The quantitative estimate of drug-likeness (QED) is 0.346. The van der Waals surface area contributed by atoms with Crippen LogP contribution in [0.4, 0.5) is 5.69 Å². The summed E-state index contributed by atoms with van der Waals surface area (Å²) in [5, 5.41) is 10.7. The zero-order valence-corrected chi connectivity index (χ0v) is 9.52. The van der Waals surface area contributed by atoms with Crippen LogP contribution in [0.25, 0.3) is 0 Å². The second kappa shape index (κ2) is 5.26. The molecular weight excluding hydrogens is 226 g/mol. The van der Waals surface area contributed by atoms with Crippen molar-refractivity contribution in [3.63, 3.8) is 0 Å². The minimum Gasteiger partial charge on any atom is -0.483 e. The van der Waals surface area contributed by atoms with Gasteiger partial charge in [-0.2, -0.15) is 0 Å². The molecule has 0 saturated carbocycles. The van der Waals surface area contributed by atoms with E-state index in [1.54, 1.807) is 19.9 Å². The Balaban J connectivity index is 2.96. The average molecular weight is 239 g/mol. The number of rotatable bonds is 4. The van der Waals surface area contributed by atoms with Crippen LogP contribution in [0.15, 0.2) is 12.1 Å². The van der Waals surface area contributed by atoms with Crippen molar-refractivity contribution in [2.24, 2.45) is 5.84 Å². The molecule has 1 amide bonds. The van der Waals surface area contributed by atoms with Gasteiger partial charge in [0.05, 0.1) is 11.0 Å². The van der Waals surface area contributed by atoms with Gasteiger partial charge in [-0.15, -0.1) is 0 Å². The minimum absolute atomic E-state index is 0.0428. The van der Waals surface area contributed by atoms with Gasteiger partial charge in [0.25, 0.3) is 11.6 Å². The molecule has 1 rings (SSSR count). The van der Waals surface area contributed by atoms with Gasteiger partial charge in [-0.1, -0.05) is 0 Å². The number of aryl methyl sites for hydroxylation is 2. The van der Waals surface area contributed by atoms with Crippen LogP contribution >= 0.6 is 0 Å². The first kappa shape index (κ1) is 12.9. The number of nitrogens with one attached hydrogen (secondary N) is 1. The summed E-state index contributed by atoms with van der Waals surface area (Å²) in [5.41, 5.74) is 3.13. The average Bonchev–Trinajstić information content (AvgIpc) is 2.26. The number of amides is 1. The molecule has 0 aliphatic heterocycles. The molecule has 0 saturated heterocycles. The van der Waals surface area contributed by atoms with Crippen molar-refractivity contribution in [2.75, 3.05) is 6.61 Å². The molecule has 0 spiro atoms. The fourth-order valence-electron chi connectivity index (χ4n) is 1.36. The lowest BCUT2D eigenvalue weighted by atomic mass is 10.1. The molecule has 7 nitrogen and oxygen atoms in total. The second-order valence-electron chi connectivity index (χ2n) is 3.52. The number of carbonyl (C=O) groups is 1. The first-order valence-electron chi connectivity index (χ1n) is 4.83. The Morgan fingerprint density at radius 1 is 1.47 bits per heavy atom. The fraction of sp³-hybridized carbons (Fsp3) is 0.300. The van der Waals surface area contributed by atoms with E-state index >= 15 is 0 Å². The molecule has 1 aromatic carbocycles. The van der Waals surface area contributed by atoms with Gasteiger partial charge in [0.15, 0.2) is 6.61 Å². The first-order chi connectivity index (χ1) is 7.95. The number of hydrogen-bond donors (Lipinski definition) is 2. The molecule has 0 aromatic heterocycles. The Morgan fingerprint density at radius 2 is 2.12 bits per heavy atom. The first-order valence-corrected chi connectivity index (χ1v) is 4.83. The van der Waals surface area contributed by atoms with E-state index in [1.165, 1.54) is 6.07 Å². The van der Waals surface area contributed by atoms with E-state index in [4.69, 9.17) is 10.6 Å². The molecule has 0 radical (unpaired) electrons. The van der Waals surface area contributed by atoms with Crippen molar-refractivity contribution < 1.29 is 14.5 Å². The number of ether oxygens (including phenoxy) is 1. The van der Waals surface area contributed by atoms with Gasteiger partial charge in [0, 0.05) is 5.56 Å². The van der Waals surface area contributed by atoms with Crippen molar-refractivity contribution in [2.45, 2.75) is 13.8 Å². The highest BCUT2D eigenvalue weighted by molar-refractivity contribution is 5.76. The monoisotopic (exact) mass is 239 g/mol. The van der Waals surface area contributed by atoms with E-state index in [9.17, 15) is 14.9 Å². The van der Waals surface area contributed by atoms with E-state index in [0.717, 1.165) is 5.56 Å². The molecule has 17 heavy (non-hydrogen) atoms. The molecule has 1 aromatic rings. The number of hydrazine groups is 1. The summed E-state index contributed by atoms with van der Waals surface area (Å²) < 4.78 is 5.14. The zero-order valence-electron chi connectivity index (χ0n) is 9.52. The highest BCUT2D eigenvalue weighted by Crippen LogP contribution is 2.27. The zero-order chi connectivity index (χ0) is 13.0. The lowest BCUT2D eigenvalue weighted by Gasteiger charge is -2.09. The molecule has 0 bridgehead atoms. The summed E-state index contributed by atoms with van der Waals surface area (Å²) in [6.45, 7) is 3.10. The molecule has 3 N–H and O–H groups in total. The number of carbonyl (C=O) groups excluding carboxylic acids is 1. The summed E-state index contributed by atoms with van der Waals surface area (Å²) in [6.07, 6.45) is 0. The maximum absolute atomic E-state index is 10.9. The van der Waals surface area contributed by atoms with Gasteiger partial charge in [-0.3, -0.25) is 20.3 Å². The van der Waals surface area contributed by atoms with Crippen LogP contribution in [0.5, 0.6) is 5.75 Å². The highest BCUT2D eigenvalue weighted by atomic mass is 16.6. The van der Waals surface area contributed by atoms with Crippen molar-refractivity contribution in [3.05, 3.63) is 33.4 Å². The molecule has 0 unspecified atom stereocenters. The molecule has 92 valence electrons. The lowest BCUT2D eigenvalue weighted by Crippen LogP contribution is -2.34. The lowest BCUT2D eigenvalue weighted by molar-refractivity contribution is -0.385. The predicted octanol–water partition coefficient (Wildman–Crippen LogP) is 0.580. The van der Waals surface area contributed by atoms with Crippen molar-refractivity contribution in [3.8, 4) is 5.75 Å². The number of nitro groups is 1. The topological polar surface area (TPSA) is 107 Å². The maximum atomic E-state index is 10.9. The van der Waals surface area contributed by atoms with Gasteiger partial charge in [0.2, 0.25) is 0 Å². The number of nitro benzene ring substituents is 1. The second-order valence-corrected chi connectivity index (χ2v) is 3.52. The van der Waals surface area contributed by atoms with E-state index < -0.39 is 10.8 Å². The van der Waals surface area contributed by atoms with Crippen LogP contribution in [0.2, 0.25) is 0 Å².